The molecule has 0 spiro atoms. The molecule has 0 radical (unpaired) electrons. The Morgan fingerprint density at radius 3 is 2.36 bits per heavy atom. The van der Waals surface area contributed by atoms with E-state index in [1.165, 1.54) is 0 Å². The number of aromatic nitrogens is 1. The zero-order valence-electron chi connectivity index (χ0n) is 18.5. The highest BCUT2D eigenvalue weighted by atomic mass is 35.5. The standard InChI is InChI=1S/C25H21Cl2N3O3/c1-13-5-19(27)22(31-3)10-20(13)30-25-17(11-28)12-29-21-7-16-9-24(33-14(2)26)23(32-4)8-15(16)6-18(21)25/h5-10,12,14H,1-4H3,(H,29,30). The minimum absolute atomic E-state index is 0.415. The molecule has 3 aromatic carbocycles. The lowest BCUT2D eigenvalue weighted by Gasteiger charge is -2.17. The summed E-state index contributed by atoms with van der Waals surface area (Å²) in [4.78, 5) is 4.50. The van der Waals surface area contributed by atoms with E-state index in [1.807, 2.05) is 43.3 Å². The summed E-state index contributed by atoms with van der Waals surface area (Å²) in [7, 11) is 3.14. The molecule has 4 rings (SSSR count). The van der Waals surface area contributed by atoms with Crippen molar-refractivity contribution in [2.75, 3.05) is 19.5 Å². The summed E-state index contributed by atoms with van der Waals surface area (Å²) in [5.41, 5.74) is 2.96. The van der Waals surface area contributed by atoms with E-state index in [0.29, 0.717) is 33.5 Å². The predicted molar refractivity (Wildman–Crippen MR) is 132 cm³/mol. The molecule has 8 heteroatoms. The van der Waals surface area contributed by atoms with Gasteiger partial charge in [0.05, 0.1) is 36.0 Å². The van der Waals surface area contributed by atoms with Crippen LogP contribution < -0.4 is 19.5 Å². The first-order chi connectivity index (χ1) is 15.8. The van der Waals surface area contributed by atoms with Gasteiger partial charge in [-0.1, -0.05) is 23.2 Å². The molecule has 1 atom stereocenters. The van der Waals surface area contributed by atoms with Gasteiger partial charge in [-0.15, -0.1) is 0 Å². The van der Waals surface area contributed by atoms with Gasteiger partial charge >= 0.3 is 0 Å². The second-order valence-electron chi connectivity index (χ2n) is 7.47. The summed E-state index contributed by atoms with van der Waals surface area (Å²) < 4.78 is 16.5. The number of ether oxygens (including phenoxy) is 3. The first-order valence-corrected chi connectivity index (χ1v) is 10.9. The number of nitriles is 1. The average molecular weight is 482 g/mol. The normalized spacial score (nSPS) is 11.8. The minimum atomic E-state index is -0.511. The Morgan fingerprint density at radius 2 is 1.70 bits per heavy atom. The van der Waals surface area contributed by atoms with E-state index in [2.05, 4.69) is 16.4 Å². The summed E-state index contributed by atoms with van der Waals surface area (Å²) in [5, 5.41) is 16.3. The predicted octanol–water partition coefficient (Wildman–Crippen LogP) is 6.95. The number of nitrogens with one attached hydrogen (secondary N) is 1. The Bertz CT molecular complexity index is 1410. The number of nitrogens with zero attached hydrogens (tertiary/aromatic N) is 2. The maximum atomic E-state index is 9.76. The van der Waals surface area contributed by atoms with Gasteiger partial charge < -0.3 is 19.5 Å². The molecular weight excluding hydrogens is 461 g/mol. The molecule has 1 N–H and O–H groups in total. The zero-order chi connectivity index (χ0) is 23.7. The Labute approximate surface area is 201 Å². The number of anilines is 2. The third-order valence-corrected chi connectivity index (χ3v) is 5.66. The van der Waals surface area contributed by atoms with Gasteiger partial charge in [0.25, 0.3) is 0 Å². The third-order valence-electron chi connectivity index (χ3n) is 5.28. The van der Waals surface area contributed by atoms with Gasteiger partial charge in [-0.05, 0) is 60.5 Å². The van der Waals surface area contributed by atoms with Crippen LogP contribution in [0, 0.1) is 18.3 Å². The minimum Gasteiger partial charge on any atom is -0.495 e. The molecule has 4 aromatic rings. The first-order valence-electron chi connectivity index (χ1n) is 10.1. The van der Waals surface area contributed by atoms with Gasteiger partial charge in [0.2, 0.25) is 0 Å². The van der Waals surface area contributed by atoms with Crippen molar-refractivity contribution in [1.82, 2.24) is 4.98 Å². The SMILES string of the molecule is COc1cc(Nc2c(C#N)cnc3cc4cc(OC(C)Cl)c(OC)cc4cc23)c(C)cc1Cl. The van der Waals surface area contributed by atoms with E-state index in [9.17, 15) is 5.26 Å². The van der Waals surface area contributed by atoms with Crippen LogP contribution in [-0.2, 0) is 0 Å². The fraction of sp³-hybridized carbons (Fsp3) is 0.200. The lowest BCUT2D eigenvalue weighted by atomic mass is 10.0. The molecule has 0 amide bonds. The van der Waals surface area contributed by atoms with Crippen molar-refractivity contribution in [1.29, 1.82) is 5.26 Å². The number of pyridine rings is 1. The second kappa shape index (κ2) is 9.22. The molecule has 33 heavy (non-hydrogen) atoms. The lowest BCUT2D eigenvalue weighted by molar-refractivity contribution is 0.281. The van der Waals surface area contributed by atoms with Crippen LogP contribution in [-0.4, -0.2) is 24.8 Å². The number of hydrogen-bond acceptors (Lipinski definition) is 6. The van der Waals surface area contributed by atoms with E-state index in [0.717, 1.165) is 32.9 Å². The van der Waals surface area contributed by atoms with Crippen LogP contribution in [0.15, 0.2) is 42.6 Å². The smallest absolute Gasteiger partial charge is 0.169 e. The molecule has 0 aliphatic heterocycles. The average Bonchev–Trinajstić information content (AvgIpc) is 2.78. The number of fused-ring (bicyclic) bond motifs is 2. The third kappa shape index (κ3) is 4.43. The maximum absolute atomic E-state index is 9.76. The zero-order valence-corrected chi connectivity index (χ0v) is 20.0. The quantitative estimate of drug-likeness (QED) is 0.237. The lowest BCUT2D eigenvalue weighted by Crippen LogP contribution is -2.04. The second-order valence-corrected chi connectivity index (χ2v) is 8.49. The van der Waals surface area contributed by atoms with Crippen molar-refractivity contribution in [2.45, 2.75) is 19.4 Å². The van der Waals surface area contributed by atoms with Gasteiger partial charge in [0.15, 0.2) is 17.1 Å². The highest BCUT2D eigenvalue weighted by molar-refractivity contribution is 6.32. The van der Waals surface area contributed by atoms with Crippen molar-refractivity contribution in [3.05, 3.63) is 58.7 Å². The van der Waals surface area contributed by atoms with Crippen LogP contribution in [0.4, 0.5) is 11.4 Å². The van der Waals surface area contributed by atoms with Crippen LogP contribution in [0.5, 0.6) is 17.2 Å². The van der Waals surface area contributed by atoms with Gasteiger partial charge in [0, 0.05) is 23.3 Å². The van der Waals surface area contributed by atoms with Gasteiger partial charge in [-0.25, -0.2) is 0 Å². The van der Waals surface area contributed by atoms with E-state index < -0.39 is 5.56 Å². The van der Waals surface area contributed by atoms with E-state index in [-0.39, 0.29) is 0 Å². The Kier molecular flexibility index (Phi) is 6.37. The number of aryl methyl sites for hydroxylation is 1. The van der Waals surface area contributed by atoms with Crippen molar-refractivity contribution >= 4 is 56.3 Å². The molecule has 0 aliphatic rings. The van der Waals surface area contributed by atoms with Gasteiger partial charge in [-0.2, -0.15) is 5.26 Å². The Balaban J connectivity index is 1.92. The topological polar surface area (TPSA) is 76.4 Å². The van der Waals surface area contributed by atoms with Crippen molar-refractivity contribution in [3.63, 3.8) is 0 Å². The number of halogens is 2. The van der Waals surface area contributed by atoms with Gasteiger partial charge in [0.1, 0.15) is 11.8 Å². The monoisotopic (exact) mass is 481 g/mol. The molecular formula is C25H21Cl2N3O3. The molecule has 0 saturated carbocycles. The summed E-state index contributed by atoms with van der Waals surface area (Å²) in [6.45, 7) is 3.67. The Morgan fingerprint density at radius 1 is 1.00 bits per heavy atom. The number of rotatable bonds is 6. The number of methoxy groups -OCH3 is 2. The molecule has 1 aromatic heterocycles. The fourth-order valence-corrected chi connectivity index (χ4v) is 4.06. The molecule has 6 nitrogen and oxygen atoms in total. The molecule has 0 saturated heterocycles. The van der Waals surface area contributed by atoms with Crippen molar-refractivity contribution < 1.29 is 14.2 Å². The fourth-order valence-electron chi connectivity index (χ4n) is 3.67. The molecule has 0 bridgehead atoms. The largest absolute Gasteiger partial charge is 0.495 e. The molecule has 168 valence electrons. The van der Waals surface area contributed by atoms with Crippen molar-refractivity contribution in [3.8, 4) is 23.3 Å². The van der Waals surface area contributed by atoms with Crippen LogP contribution in [0.25, 0.3) is 21.7 Å². The van der Waals surface area contributed by atoms with E-state index >= 15 is 0 Å². The molecule has 1 heterocycles. The number of hydrogen-bond donors (Lipinski definition) is 1. The molecule has 0 fully saturated rings. The van der Waals surface area contributed by atoms with E-state index in [1.54, 1.807) is 27.3 Å². The summed E-state index contributed by atoms with van der Waals surface area (Å²) in [5.74, 6) is 1.65. The van der Waals surface area contributed by atoms with Crippen LogP contribution in [0.3, 0.4) is 0 Å². The summed E-state index contributed by atoms with van der Waals surface area (Å²) in [6.07, 6.45) is 1.56. The van der Waals surface area contributed by atoms with Crippen LogP contribution in [0.2, 0.25) is 5.02 Å². The van der Waals surface area contributed by atoms with E-state index in [4.69, 9.17) is 37.4 Å². The number of alkyl halides is 1. The van der Waals surface area contributed by atoms with Crippen LogP contribution >= 0.6 is 23.2 Å². The summed E-state index contributed by atoms with van der Waals surface area (Å²) in [6, 6.07) is 13.5. The first kappa shape index (κ1) is 22.8. The molecule has 0 aliphatic carbocycles. The highest BCUT2D eigenvalue weighted by Crippen LogP contribution is 2.39. The summed E-state index contributed by atoms with van der Waals surface area (Å²) >= 11 is 12.3. The van der Waals surface area contributed by atoms with Crippen LogP contribution in [0.1, 0.15) is 18.1 Å². The molecule has 1 unspecified atom stereocenters. The van der Waals surface area contributed by atoms with Gasteiger partial charge in [-0.3, -0.25) is 4.98 Å². The highest BCUT2D eigenvalue weighted by Gasteiger charge is 2.15. The van der Waals surface area contributed by atoms with Crippen molar-refractivity contribution in [2.24, 2.45) is 0 Å². The maximum Gasteiger partial charge on any atom is 0.169 e. The number of benzene rings is 3. The Hall–Kier alpha value is -3.40.